The quantitative estimate of drug-likeness (QED) is 0.905. The zero-order valence-electron chi connectivity index (χ0n) is 11.9. The topological polar surface area (TPSA) is 46.3 Å². The van der Waals surface area contributed by atoms with Crippen LogP contribution < -0.4 is 5.73 Å². The average Bonchev–Trinajstić information content (AvgIpc) is 2.42. The Bertz CT molecular complexity index is 427. The van der Waals surface area contributed by atoms with Gasteiger partial charge in [0.05, 0.1) is 6.42 Å². The summed E-state index contributed by atoms with van der Waals surface area (Å²) >= 11 is 0. The van der Waals surface area contributed by atoms with Crippen LogP contribution in [0.15, 0.2) is 24.3 Å². The number of carbonyl (C=O) groups excluding carboxylic acids is 1. The molecule has 0 radical (unpaired) electrons. The van der Waals surface area contributed by atoms with E-state index >= 15 is 0 Å². The summed E-state index contributed by atoms with van der Waals surface area (Å²) in [7, 11) is 0. The first-order valence-corrected chi connectivity index (χ1v) is 7.15. The van der Waals surface area contributed by atoms with Crippen LogP contribution in [-0.2, 0) is 17.8 Å². The number of nitrogens with zero attached hydrogens (tertiary/aromatic N) is 1. The average molecular weight is 260 g/mol. The van der Waals surface area contributed by atoms with Gasteiger partial charge in [-0.3, -0.25) is 4.79 Å². The summed E-state index contributed by atoms with van der Waals surface area (Å²) in [6.45, 7) is 6.88. The van der Waals surface area contributed by atoms with Gasteiger partial charge in [-0.15, -0.1) is 0 Å². The van der Waals surface area contributed by atoms with E-state index in [0.717, 1.165) is 36.6 Å². The Morgan fingerprint density at radius 3 is 2.42 bits per heavy atom. The van der Waals surface area contributed by atoms with Crippen molar-refractivity contribution in [3.63, 3.8) is 0 Å². The molecular weight excluding hydrogens is 236 g/mol. The van der Waals surface area contributed by atoms with Crippen molar-refractivity contribution in [1.29, 1.82) is 0 Å². The molecule has 1 fully saturated rings. The first kappa shape index (κ1) is 14.1. The minimum Gasteiger partial charge on any atom is -0.342 e. The molecule has 1 aliphatic rings. The number of piperidine rings is 1. The van der Waals surface area contributed by atoms with Crippen molar-refractivity contribution in [3.8, 4) is 0 Å². The van der Waals surface area contributed by atoms with Crippen LogP contribution in [0.2, 0.25) is 0 Å². The number of benzene rings is 1. The van der Waals surface area contributed by atoms with E-state index in [-0.39, 0.29) is 5.91 Å². The summed E-state index contributed by atoms with van der Waals surface area (Å²) in [6.07, 6.45) is 1.63. The highest BCUT2D eigenvalue weighted by atomic mass is 16.2. The van der Waals surface area contributed by atoms with E-state index < -0.39 is 0 Å². The molecule has 1 saturated heterocycles. The zero-order chi connectivity index (χ0) is 13.8. The van der Waals surface area contributed by atoms with Gasteiger partial charge < -0.3 is 10.6 Å². The number of hydrogen-bond acceptors (Lipinski definition) is 2. The van der Waals surface area contributed by atoms with E-state index in [1.165, 1.54) is 0 Å². The van der Waals surface area contributed by atoms with Crippen LogP contribution in [0, 0.1) is 11.8 Å². The summed E-state index contributed by atoms with van der Waals surface area (Å²) in [4.78, 5) is 14.3. The maximum absolute atomic E-state index is 12.3. The second kappa shape index (κ2) is 6.20. The van der Waals surface area contributed by atoms with Gasteiger partial charge in [0.2, 0.25) is 5.91 Å². The van der Waals surface area contributed by atoms with Gasteiger partial charge in [0, 0.05) is 19.6 Å². The minimum absolute atomic E-state index is 0.249. The van der Waals surface area contributed by atoms with Gasteiger partial charge in [0.15, 0.2) is 0 Å². The van der Waals surface area contributed by atoms with E-state index in [4.69, 9.17) is 5.73 Å². The van der Waals surface area contributed by atoms with E-state index in [9.17, 15) is 4.79 Å². The summed E-state index contributed by atoms with van der Waals surface area (Å²) in [5, 5.41) is 0. The third-order valence-electron chi connectivity index (χ3n) is 4.30. The lowest BCUT2D eigenvalue weighted by Gasteiger charge is -2.35. The molecule has 1 aromatic carbocycles. The third kappa shape index (κ3) is 3.57. The van der Waals surface area contributed by atoms with Gasteiger partial charge in [0.25, 0.3) is 0 Å². The summed E-state index contributed by atoms with van der Waals surface area (Å²) in [5.41, 5.74) is 7.76. The van der Waals surface area contributed by atoms with Gasteiger partial charge in [0.1, 0.15) is 0 Å². The number of rotatable bonds is 3. The van der Waals surface area contributed by atoms with Gasteiger partial charge in [-0.05, 0) is 29.4 Å². The lowest BCUT2D eigenvalue weighted by molar-refractivity contribution is -0.132. The molecule has 1 heterocycles. The molecule has 0 aromatic heterocycles. The predicted octanol–water partition coefficient (Wildman–Crippen LogP) is 2.19. The van der Waals surface area contributed by atoms with Crippen LogP contribution in [0.5, 0.6) is 0 Å². The molecule has 2 unspecified atom stereocenters. The highest BCUT2D eigenvalue weighted by Crippen LogP contribution is 2.22. The molecule has 104 valence electrons. The zero-order valence-corrected chi connectivity index (χ0v) is 11.9. The Labute approximate surface area is 115 Å². The monoisotopic (exact) mass is 260 g/mol. The van der Waals surface area contributed by atoms with Gasteiger partial charge in [-0.2, -0.15) is 0 Å². The largest absolute Gasteiger partial charge is 0.342 e. The maximum Gasteiger partial charge on any atom is 0.226 e. The van der Waals surface area contributed by atoms with Crippen LogP contribution in [0.3, 0.4) is 0 Å². The molecule has 0 aliphatic carbocycles. The Balaban J connectivity index is 1.93. The molecule has 19 heavy (non-hydrogen) atoms. The number of carbonyl (C=O) groups is 1. The number of hydrogen-bond donors (Lipinski definition) is 1. The van der Waals surface area contributed by atoms with Crippen LogP contribution in [-0.4, -0.2) is 23.9 Å². The summed E-state index contributed by atoms with van der Waals surface area (Å²) in [5.74, 6) is 1.59. The number of amides is 1. The maximum atomic E-state index is 12.3. The molecule has 3 nitrogen and oxygen atoms in total. The molecule has 2 rings (SSSR count). The second-order valence-electron chi connectivity index (χ2n) is 5.78. The number of likely N-dealkylation sites (tertiary alicyclic amines) is 1. The fraction of sp³-hybridized carbons (Fsp3) is 0.562. The molecular formula is C16H24N2O. The van der Waals surface area contributed by atoms with Crippen molar-refractivity contribution >= 4 is 5.91 Å². The van der Waals surface area contributed by atoms with Crippen molar-refractivity contribution in [1.82, 2.24) is 4.90 Å². The molecule has 1 aromatic rings. The Morgan fingerprint density at radius 1 is 1.21 bits per heavy atom. The minimum atomic E-state index is 0.249. The van der Waals surface area contributed by atoms with Gasteiger partial charge in [-0.25, -0.2) is 0 Å². The first-order chi connectivity index (χ1) is 9.10. The first-order valence-electron chi connectivity index (χ1n) is 7.15. The normalized spacial score (nSPS) is 23.4. The van der Waals surface area contributed by atoms with Gasteiger partial charge >= 0.3 is 0 Å². The summed E-state index contributed by atoms with van der Waals surface area (Å²) < 4.78 is 0. The second-order valence-corrected chi connectivity index (χ2v) is 5.78. The highest BCUT2D eigenvalue weighted by Gasteiger charge is 2.25. The predicted molar refractivity (Wildman–Crippen MR) is 77.6 cm³/mol. The Morgan fingerprint density at radius 2 is 1.84 bits per heavy atom. The van der Waals surface area contributed by atoms with E-state index in [1.807, 2.05) is 29.2 Å². The molecule has 0 saturated carbocycles. The van der Waals surface area contributed by atoms with Crippen molar-refractivity contribution < 1.29 is 4.79 Å². The van der Waals surface area contributed by atoms with E-state index in [0.29, 0.717) is 18.9 Å². The molecule has 0 bridgehead atoms. The van der Waals surface area contributed by atoms with Crippen LogP contribution in [0.4, 0.5) is 0 Å². The summed E-state index contributed by atoms with van der Waals surface area (Å²) in [6, 6.07) is 8.03. The van der Waals surface area contributed by atoms with Crippen molar-refractivity contribution in [2.45, 2.75) is 33.2 Å². The van der Waals surface area contributed by atoms with Crippen LogP contribution in [0.1, 0.15) is 31.4 Å². The Kier molecular flexibility index (Phi) is 4.59. The van der Waals surface area contributed by atoms with Crippen molar-refractivity contribution in [2.24, 2.45) is 17.6 Å². The van der Waals surface area contributed by atoms with Crippen molar-refractivity contribution in [3.05, 3.63) is 35.4 Å². The molecule has 0 spiro atoms. The molecule has 3 heteroatoms. The standard InChI is InChI=1S/C16H24N2O/c1-12-7-8-18(11-13(12)2)16(19)9-14-3-5-15(10-17)6-4-14/h3-6,12-13H,7-11,17H2,1-2H3. The molecule has 1 amide bonds. The SMILES string of the molecule is CC1CCN(C(=O)Cc2ccc(CN)cc2)CC1C. The van der Waals surface area contributed by atoms with Gasteiger partial charge in [-0.1, -0.05) is 38.1 Å². The molecule has 2 N–H and O–H groups in total. The Hall–Kier alpha value is -1.35. The van der Waals surface area contributed by atoms with Crippen molar-refractivity contribution in [2.75, 3.05) is 13.1 Å². The van der Waals surface area contributed by atoms with E-state index in [2.05, 4.69) is 13.8 Å². The smallest absolute Gasteiger partial charge is 0.226 e. The highest BCUT2D eigenvalue weighted by molar-refractivity contribution is 5.78. The third-order valence-corrected chi connectivity index (χ3v) is 4.30. The lowest BCUT2D eigenvalue weighted by atomic mass is 9.88. The van der Waals surface area contributed by atoms with E-state index in [1.54, 1.807) is 0 Å². The lowest BCUT2D eigenvalue weighted by Crippen LogP contribution is -2.42. The van der Waals surface area contributed by atoms with Crippen LogP contribution in [0.25, 0.3) is 0 Å². The number of nitrogens with two attached hydrogens (primary N) is 1. The fourth-order valence-corrected chi connectivity index (χ4v) is 2.57. The molecule has 2 atom stereocenters. The molecule has 1 aliphatic heterocycles. The fourth-order valence-electron chi connectivity index (χ4n) is 2.57. The van der Waals surface area contributed by atoms with Crippen LogP contribution >= 0.6 is 0 Å².